The molecule has 0 saturated heterocycles. The Hall–Kier alpha value is -2.22. The Morgan fingerprint density at radius 2 is 0.917 bits per heavy atom. The Morgan fingerprint density at radius 3 is 1.21 bits per heavy atom. The van der Waals surface area contributed by atoms with Crippen LogP contribution in [0.1, 0.15) is 88.5 Å². The van der Waals surface area contributed by atoms with E-state index in [1.54, 1.807) is 0 Å². The zero-order valence-corrected chi connectivity index (χ0v) is 35.1. The van der Waals surface area contributed by atoms with Gasteiger partial charge in [-0.05, 0) is 35.8 Å². The summed E-state index contributed by atoms with van der Waals surface area (Å²) in [7, 11) is 11.0. The summed E-state index contributed by atoms with van der Waals surface area (Å²) in [6, 6.07) is 40.3. The number of hydrogen-bond acceptors (Lipinski definition) is 0. The van der Waals surface area contributed by atoms with E-state index in [0.717, 1.165) is 9.52 Å². The first-order valence-corrected chi connectivity index (χ1v) is 25.7. The molecule has 6 rings (SSSR count). The van der Waals surface area contributed by atoms with Crippen molar-refractivity contribution in [3.8, 4) is 22.3 Å². The number of aryl methyl sites for hydroxylation is 2. The number of halogens is 2. The van der Waals surface area contributed by atoms with Crippen LogP contribution in [0.15, 0.2) is 109 Å². The molecule has 0 spiro atoms. The molecule has 2 radical (unpaired) electrons. The number of fused-ring (bicyclic) bond motifs is 2. The van der Waals surface area contributed by atoms with Crippen LogP contribution in [0.2, 0.25) is 13.1 Å². The van der Waals surface area contributed by atoms with Gasteiger partial charge in [0.15, 0.2) is 0 Å². The molecule has 0 fully saturated rings. The van der Waals surface area contributed by atoms with Gasteiger partial charge in [0.1, 0.15) is 0 Å². The second kappa shape index (κ2) is 21.1. The van der Waals surface area contributed by atoms with Crippen LogP contribution in [0, 0.1) is 0 Å². The van der Waals surface area contributed by atoms with E-state index >= 15 is 0 Å². The molecular weight excluding hydrogens is 719 g/mol. The molecule has 0 N–H and O–H groups in total. The molecule has 0 amide bonds. The van der Waals surface area contributed by atoms with Crippen LogP contribution in [-0.2, 0) is 33.7 Å². The number of rotatable bonds is 8. The zero-order valence-electron chi connectivity index (χ0n) is 30.1. The van der Waals surface area contributed by atoms with Gasteiger partial charge in [0, 0.05) is 9.52 Å². The quantitative estimate of drug-likeness (QED) is 0.107. The molecule has 0 atom stereocenters. The third-order valence-corrected chi connectivity index (χ3v) is 8.41. The minimum absolute atomic E-state index is 0.536. The average molecular weight is 771 g/mol. The molecule has 4 heteroatoms. The fraction of sp³-hybridized carbons (Fsp3) is 0.318. The summed E-state index contributed by atoms with van der Waals surface area (Å²) in [5.74, 6) is 1.07. The normalized spacial score (nSPS) is 10.6. The van der Waals surface area contributed by atoms with Gasteiger partial charge >= 0.3 is 37.9 Å². The Labute approximate surface area is 312 Å². The molecule has 6 aromatic rings. The first-order chi connectivity index (χ1) is 23.2. The molecule has 0 heterocycles. The van der Waals surface area contributed by atoms with E-state index in [-0.39, 0.29) is 0 Å². The van der Waals surface area contributed by atoms with Gasteiger partial charge in [0.25, 0.3) is 0 Å². The van der Waals surface area contributed by atoms with Gasteiger partial charge in [0.05, 0.1) is 0 Å². The second-order valence-corrected chi connectivity index (χ2v) is 17.6. The SMILES string of the molecule is CCCc1cc2c(-c3ccccc3)c(C(C)C)ccc2[cH-]1.CCCc1cc2c(-c3ccccc3)c(C(C)C)ccc2[cH-]1.C[Si]C.[Cl][Zr+2][Cl]. The van der Waals surface area contributed by atoms with Gasteiger partial charge in [-0.3, -0.25) is 0 Å². The van der Waals surface area contributed by atoms with Crippen LogP contribution >= 0.6 is 17.0 Å². The van der Waals surface area contributed by atoms with Crippen LogP contribution < -0.4 is 0 Å². The average Bonchev–Trinajstić information content (AvgIpc) is 3.69. The van der Waals surface area contributed by atoms with Crippen LogP contribution in [-0.4, -0.2) is 9.52 Å². The number of hydrogen-bond donors (Lipinski definition) is 0. The fourth-order valence-electron chi connectivity index (χ4n) is 6.40. The summed E-state index contributed by atoms with van der Waals surface area (Å²) in [5.41, 5.74) is 11.3. The van der Waals surface area contributed by atoms with E-state index in [0.29, 0.717) is 11.8 Å². The first-order valence-electron chi connectivity index (χ1n) is 17.3. The van der Waals surface area contributed by atoms with Crippen molar-refractivity contribution in [3.05, 3.63) is 131 Å². The summed E-state index contributed by atoms with van der Waals surface area (Å²) in [6.45, 7) is 17.9. The summed E-state index contributed by atoms with van der Waals surface area (Å²) >= 11 is -0.826. The molecular formula is C44H52Cl2SiZr. The second-order valence-electron chi connectivity index (χ2n) is 12.9. The van der Waals surface area contributed by atoms with E-state index in [4.69, 9.17) is 17.0 Å². The summed E-state index contributed by atoms with van der Waals surface area (Å²) < 4.78 is 0. The maximum atomic E-state index is 4.93. The van der Waals surface area contributed by atoms with Crippen molar-refractivity contribution in [1.29, 1.82) is 0 Å². The molecule has 48 heavy (non-hydrogen) atoms. The van der Waals surface area contributed by atoms with Gasteiger partial charge < -0.3 is 0 Å². The van der Waals surface area contributed by atoms with Gasteiger partial charge in [0.2, 0.25) is 0 Å². The van der Waals surface area contributed by atoms with Gasteiger partial charge in [-0.1, -0.05) is 150 Å². The van der Waals surface area contributed by atoms with E-state index < -0.39 is 20.8 Å². The molecule has 0 aliphatic carbocycles. The summed E-state index contributed by atoms with van der Waals surface area (Å²) in [5, 5.41) is 5.58. The maximum absolute atomic E-state index is 4.93. The van der Waals surface area contributed by atoms with E-state index in [2.05, 4.69) is 164 Å². The molecule has 0 aliphatic rings. The Bertz CT molecular complexity index is 1650. The molecule has 0 bridgehead atoms. The van der Waals surface area contributed by atoms with Crippen LogP contribution in [0.4, 0.5) is 0 Å². The summed E-state index contributed by atoms with van der Waals surface area (Å²) in [4.78, 5) is 0. The zero-order chi connectivity index (χ0) is 35.1. The predicted octanol–water partition coefficient (Wildman–Crippen LogP) is 14.8. The molecule has 6 aromatic carbocycles. The first kappa shape index (κ1) is 40.2. The van der Waals surface area contributed by atoms with Crippen molar-refractivity contribution >= 4 is 48.1 Å². The Kier molecular flexibility index (Phi) is 17.7. The van der Waals surface area contributed by atoms with Crippen molar-refractivity contribution in [2.24, 2.45) is 0 Å². The van der Waals surface area contributed by atoms with Gasteiger partial charge in [-0.15, -0.1) is 69.1 Å². The Balaban J connectivity index is 0.000000224. The summed E-state index contributed by atoms with van der Waals surface area (Å²) in [6.07, 6.45) is 4.74. The van der Waals surface area contributed by atoms with Crippen molar-refractivity contribution in [2.45, 2.75) is 92.2 Å². The van der Waals surface area contributed by atoms with Crippen molar-refractivity contribution < 1.29 is 20.8 Å². The molecule has 0 unspecified atom stereocenters. The predicted molar refractivity (Wildman–Crippen MR) is 215 cm³/mol. The molecule has 250 valence electrons. The van der Waals surface area contributed by atoms with Gasteiger partial charge in [-0.2, -0.15) is 12.1 Å². The van der Waals surface area contributed by atoms with Crippen LogP contribution in [0.25, 0.3) is 43.8 Å². The minimum atomic E-state index is -0.826. The van der Waals surface area contributed by atoms with Crippen molar-refractivity contribution in [1.82, 2.24) is 0 Å². The van der Waals surface area contributed by atoms with E-state index in [9.17, 15) is 0 Å². The topological polar surface area (TPSA) is 0 Å². The van der Waals surface area contributed by atoms with E-state index in [1.165, 1.54) is 91.7 Å². The van der Waals surface area contributed by atoms with E-state index in [1.807, 2.05) is 0 Å². The van der Waals surface area contributed by atoms with Crippen LogP contribution in [0.3, 0.4) is 0 Å². The number of benzene rings is 4. The fourth-order valence-corrected chi connectivity index (χ4v) is 6.40. The third kappa shape index (κ3) is 10.9. The molecule has 0 aliphatic heterocycles. The Morgan fingerprint density at radius 1 is 0.583 bits per heavy atom. The molecule has 0 saturated carbocycles. The van der Waals surface area contributed by atoms with Crippen molar-refractivity contribution in [2.75, 3.05) is 0 Å². The molecule has 0 nitrogen and oxygen atoms in total. The van der Waals surface area contributed by atoms with Crippen molar-refractivity contribution in [3.63, 3.8) is 0 Å². The standard InChI is InChI=1S/2C21H23.C2H6Si.2ClH.Zr/c2*1-4-8-16-13-18-11-12-19(15(2)3)21(20(18)14-16)17-9-6-5-7-10-17;1-3-2;;;/h2*5-7,9-15H,4,8H2,1-3H3;1-2H3;2*1H;/q2*-1;;;;+4/p-2. The monoisotopic (exact) mass is 768 g/mol. The van der Waals surface area contributed by atoms with Crippen LogP contribution in [0.5, 0.6) is 0 Å². The molecule has 0 aromatic heterocycles. The van der Waals surface area contributed by atoms with Gasteiger partial charge in [-0.25, -0.2) is 0 Å². The third-order valence-electron chi connectivity index (χ3n) is 8.41.